The Morgan fingerprint density at radius 2 is 1.63 bits per heavy atom. The number of carboxylic acid groups (broad SMARTS) is 1. The first-order valence-electron chi connectivity index (χ1n) is 10.4. The number of carbonyl (C=O) groups excluding carboxylic acids is 1. The number of oxime groups is 1. The van der Waals surface area contributed by atoms with Crippen molar-refractivity contribution in [3.63, 3.8) is 0 Å². The molecule has 1 atom stereocenters. The van der Waals surface area contributed by atoms with Crippen LogP contribution in [0.4, 0.5) is 18.0 Å². The van der Waals surface area contributed by atoms with Gasteiger partial charge in [0.05, 0.1) is 17.2 Å². The van der Waals surface area contributed by atoms with Crippen molar-refractivity contribution in [1.29, 1.82) is 0 Å². The molecule has 0 saturated heterocycles. The Hall–Kier alpha value is -4.34. The van der Waals surface area contributed by atoms with E-state index < -0.39 is 29.8 Å². The van der Waals surface area contributed by atoms with Crippen LogP contribution in [-0.4, -0.2) is 23.0 Å². The number of carbonyl (C=O) groups is 2. The first kappa shape index (κ1) is 25.3. The third-order valence-corrected chi connectivity index (χ3v) is 5.27. The van der Waals surface area contributed by atoms with Crippen molar-refractivity contribution in [3.05, 3.63) is 94.5 Å². The molecule has 0 saturated carbocycles. The van der Waals surface area contributed by atoms with Gasteiger partial charge in [-0.2, -0.15) is 13.2 Å². The van der Waals surface area contributed by atoms with Crippen LogP contribution in [0.1, 0.15) is 45.6 Å². The molecule has 0 aromatic heterocycles. The summed E-state index contributed by atoms with van der Waals surface area (Å²) in [6.45, 7) is 3.35. The quantitative estimate of drug-likeness (QED) is 0.185. The van der Waals surface area contributed by atoms with Gasteiger partial charge in [-0.15, -0.1) is 0 Å². The zero-order valence-electron chi connectivity index (χ0n) is 18.8. The minimum absolute atomic E-state index is 0.0538. The average molecular weight is 485 g/mol. The number of nitrogens with two attached hydrogens (primary N) is 1. The molecule has 35 heavy (non-hydrogen) atoms. The van der Waals surface area contributed by atoms with E-state index in [1.165, 1.54) is 12.1 Å². The van der Waals surface area contributed by atoms with E-state index in [0.29, 0.717) is 22.3 Å². The minimum atomic E-state index is -4.70. The number of rotatable bonds is 6. The Balaban J connectivity index is 1.81. The van der Waals surface area contributed by atoms with Gasteiger partial charge in [-0.3, -0.25) is 0 Å². The van der Waals surface area contributed by atoms with Gasteiger partial charge in [0.2, 0.25) is 0 Å². The summed E-state index contributed by atoms with van der Waals surface area (Å²) < 4.78 is 41.3. The average Bonchev–Trinajstić information content (AvgIpc) is 2.81. The number of alkyl halides is 3. The predicted molar refractivity (Wildman–Crippen MR) is 124 cm³/mol. The summed E-state index contributed by atoms with van der Waals surface area (Å²) in [5.74, 6) is -1.29. The molecule has 182 valence electrons. The maximum atomic E-state index is 13.8. The van der Waals surface area contributed by atoms with Crippen molar-refractivity contribution in [2.75, 3.05) is 0 Å². The second-order valence-corrected chi connectivity index (χ2v) is 7.72. The number of nitrogens with one attached hydrogen (secondary N) is 1. The van der Waals surface area contributed by atoms with Crippen molar-refractivity contribution >= 4 is 17.9 Å². The molecule has 4 N–H and O–H groups in total. The third-order valence-electron chi connectivity index (χ3n) is 5.27. The molecular formula is C25H22F3N3O4. The molecule has 0 fully saturated rings. The highest BCUT2D eigenvalue weighted by atomic mass is 19.4. The fourth-order valence-electron chi connectivity index (χ4n) is 3.42. The van der Waals surface area contributed by atoms with Gasteiger partial charge in [0.15, 0.2) is 5.84 Å². The Morgan fingerprint density at radius 3 is 2.23 bits per heavy atom. The largest absolute Gasteiger partial charge is 0.465 e. The highest BCUT2D eigenvalue weighted by Gasteiger charge is 2.35. The van der Waals surface area contributed by atoms with Crippen LogP contribution >= 0.6 is 0 Å². The zero-order valence-corrected chi connectivity index (χ0v) is 18.8. The van der Waals surface area contributed by atoms with Gasteiger partial charge in [0.25, 0.3) is 0 Å². The van der Waals surface area contributed by atoms with Gasteiger partial charge in [0.1, 0.15) is 0 Å². The Labute approximate surface area is 199 Å². The maximum absolute atomic E-state index is 13.8. The fourth-order valence-corrected chi connectivity index (χ4v) is 3.42. The van der Waals surface area contributed by atoms with Crippen LogP contribution in [0.15, 0.2) is 71.9 Å². The normalized spacial score (nSPS) is 12.7. The molecule has 1 amide bonds. The summed E-state index contributed by atoms with van der Waals surface area (Å²) in [5.41, 5.74) is 6.55. The first-order chi connectivity index (χ1) is 16.5. The van der Waals surface area contributed by atoms with Crippen molar-refractivity contribution < 1.29 is 32.7 Å². The molecule has 0 aliphatic rings. The summed E-state index contributed by atoms with van der Waals surface area (Å²) in [6.07, 6.45) is -5.87. The Morgan fingerprint density at radius 1 is 1.00 bits per heavy atom. The van der Waals surface area contributed by atoms with Gasteiger partial charge < -0.3 is 21.0 Å². The van der Waals surface area contributed by atoms with Crippen LogP contribution in [-0.2, 0) is 11.0 Å². The van der Waals surface area contributed by atoms with Crippen molar-refractivity contribution in [1.82, 2.24) is 5.32 Å². The number of hydrogen-bond acceptors (Lipinski definition) is 4. The van der Waals surface area contributed by atoms with Gasteiger partial charge >= 0.3 is 18.2 Å². The molecule has 0 unspecified atom stereocenters. The topological polar surface area (TPSA) is 114 Å². The molecule has 0 radical (unpaired) electrons. The second kappa shape index (κ2) is 10.3. The summed E-state index contributed by atoms with van der Waals surface area (Å²) >= 11 is 0. The lowest BCUT2D eigenvalue weighted by Gasteiger charge is -2.15. The van der Waals surface area contributed by atoms with Crippen molar-refractivity contribution in [3.8, 4) is 11.1 Å². The minimum Gasteiger partial charge on any atom is -0.465 e. The number of nitrogens with zero attached hydrogens (tertiary/aromatic N) is 1. The van der Waals surface area contributed by atoms with Crippen LogP contribution in [0, 0.1) is 6.92 Å². The number of benzene rings is 3. The molecular weight excluding hydrogens is 463 g/mol. The van der Waals surface area contributed by atoms with E-state index in [1.54, 1.807) is 62.4 Å². The van der Waals surface area contributed by atoms with Gasteiger partial charge in [-0.1, -0.05) is 59.8 Å². The predicted octanol–water partition coefficient (Wildman–Crippen LogP) is 5.49. The molecule has 0 aliphatic heterocycles. The van der Waals surface area contributed by atoms with E-state index >= 15 is 0 Å². The maximum Gasteiger partial charge on any atom is 0.417 e. The van der Waals surface area contributed by atoms with Gasteiger partial charge in [0, 0.05) is 5.56 Å². The Kier molecular flexibility index (Phi) is 7.43. The standard InChI is InChI=1S/C25H22F3N3O4/c1-14-5-3-4-6-19(14)20-12-11-18(13-21(20)25(26,27)28)23(32)35-31-22(29)17-9-7-16(8-10-17)15(2)30-24(33)34/h3-13,15,30H,1-2H3,(H2,29,31)(H,33,34)/t15-/m1/s1. The molecule has 3 aromatic carbocycles. The second-order valence-electron chi connectivity index (χ2n) is 7.72. The summed E-state index contributed by atoms with van der Waals surface area (Å²) in [4.78, 5) is 27.9. The van der Waals surface area contributed by atoms with Gasteiger partial charge in [-0.25, -0.2) is 9.59 Å². The van der Waals surface area contributed by atoms with E-state index in [4.69, 9.17) is 15.7 Å². The zero-order chi connectivity index (χ0) is 25.8. The van der Waals surface area contributed by atoms with Crippen LogP contribution in [0.3, 0.4) is 0 Å². The van der Waals surface area contributed by atoms with Crippen LogP contribution in [0.25, 0.3) is 11.1 Å². The van der Waals surface area contributed by atoms with Crippen molar-refractivity contribution in [2.45, 2.75) is 26.1 Å². The molecule has 3 rings (SSSR count). The number of aryl methyl sites for hydroxylation is 1. The van der Waals surface area contributed by atoms with Crippen LogP contribution in [0.2, 0.25) is 0 Å². The number of halogens is 3. The van der Waals surface area contributed by atoms with E-state index in [2.05, 4.69) is 10.5 Å². The molecule has 7 nitrogen and oxygen atoms in total. The number of hydrogen-bond donors (Lipinski definition) is 3. The van der Waals surface area contributed by atoms with Crippen LogP contribution in [0.5, 0.6) is 0 Å². The molecule has 0 bridgehead atoms. The lowest BCUT2D eigenvalue weighted by atomic mass is 9.94. The van der Waals surface area contributed by atoms with Crippen molar-refractivity contribution in [2.24, 2.45) is 10.9 Å². The number of amides is 1. The van der Waals surface area contributed by atoms with Gasteiger partial charge in [-0.05, 0) is 48.2 Å². The molecule has 0 aliphatic carbocycles. The lowest BCUT2D eigenvalue weighted by Crippen LogP contribution is -2.24. The molecule has 10 heteroatoms. The lowest BCUT2D eigenvalue weighted by molar-refractivity contribution is -0.137. The van der Waals surface area contributed by atoms with E-state index in [9.17, 15) is 22.8 Å². The molecule has 0 spiro atoms. The first-order valence-corrected chi connectivity index (χ1v) is 10.4. The van der Waals surface area contributed by atoms with E-state index in [0.717, 1.165) is 6.07 Å². The highest BCUT2D eigenvalue weighted by Crippen LogP contribution is 2.38. The SMILES string of the molecule is Cc1ccccc1-c1ccc(C(=O)O/N=C(\N)c2ccc([C@@H](C)NC(=O)O)cc2)cc1C(F)(F)F. The van der Waals surface area contributed by atoms with E-state index in [1.807, 2.05) is 0 Å². The van der Waals surface area contributed by atoms with Crippen LogP contribution < -0.4 is 11.1 Å². The Bertz CT molecular complexity index is 1270. The molecule has 3 aromatic rings. The smallest absolute Gasteiger partial charge is 0.417 e. The summed E-state index contributed by atoms with van der Waals surface area (Å²) in [5, 5.41) is 14.6. The van der Waals surface area contributed by atoms with E-state index in [-0.39, 0.29) is 17.0 Å². The number of amidine groups is 1. The summed E-state index contributed by atoms with van der Waals surface area (Å²) in [6, 6.07) is 15.7. The fraction of sp³-hybridized carbons (Fsp3) is 0.160. The monoisotopic (exact) mass is 485 g/mol. The molecule has 0 heterocycles. The third kappa shape index (κ3) is 6.17. The summed E-state index contributed by atoms with van der Waals surface area (Å²) in [7, 11) is 0. The highest BCUT2D eigenvalue weighted by molar-refractivity contribution is 5.98.